The molecule has 0 aromatic carbocycles. The third-order valence-corrected chi connectivity index (χ3v) is 4.53. The van der Waals surface area contributed by atoms with Gasteiger partial charge in [-0.15, -0.1) is 0 Å². The van der Waals surface area contributed by atoms with Crippen molar-refractivity contribution in [2.75, 3.05) is 59.4 Å². The smallest absolute Gasteiger partial charge is 0.0232 e. The maximum absolute atomic E-state index is 3.41. The number of hydrogen-bond acceptors (Lipinski definition) is 4. The summed E-state index contributed by atoms with van der Waals surface area (Å²) in [6.07, 6.45) is 1.34. The standard InChI is InChI=1S/C14H30N4/c1-13(2)18-7-4-14(12-18)16(3)10-11-17-8-5-15-6-9-17/h13-15H,4-12H2,1-3H3. The zero-order valence-corrected chi connectivity index (χ0v) is 12.4. The summed E-state index contributed by atoms with van der Waals surface area (Å²) in [6, 6.07) is 1.48. The van der Waals surface area contributed by atoms with E-state index in [9.17, 15) is 0 Å². The Kier molecular flexibility index (Phi) is 5.42. The summed E-state index contributed by atoms with van der Waals surface area (Å²) in [4.78, 5) is 7.76. The Balaban J connectivity index is 1.67. The van der Waals surface area contributed by atoms with E-state index >= 15 is 0 Å². The largest absolute Gasteiger partial charge is 0.314 e. The van der Waals surface area contributed by atoms with Crippen LogP contribution in [-0.4, -0.2) is 86.2 Å². The molecule has 2 aliphatic rings. The van der Waals surface area contributed by atoms with Gasteiger partial charge in [-0.1, -0.05) is 0 Å². The Hall–Kier alpha value is -0.160. The van der Waals surface area contributed by atoms with Crippen molar-refractivity contribution in [1.82, 2.24) is 20.0 Å². The Morgan fingerprint density at radius 2 is 1.94 bits per heavy atom. The zero-order valence-electron chi connectivity index (χ0n) is 12.4. The van der Waals surface area contributed by atoms with Crippen LogP contribution in [0.2, 0.25) is 0 Å². The molecule has 0 bridgehead atoms. The van der Waals surface area contributed by atoms with E-state index in [0.717, 1.165) is 19.1 Å². The second-order valence-corrected chi connectivity index (χ2v) is 6.10. The number of nitrogens with one attached hydrogen (secondary N) is 1. The van der Waals surface area contributed by atoms with Gasteiger partial charge in [0.2, 0.25) is 0 Å². The van der Waals surface area contributed by atoms with Gasteiger partial charge in [0, 0.05) is 64.4 Å². The summed E-state index contributed by atoms with van der Waals surface area (Å²) in [5.41, 5.74) is 0. The topological polar surface area (TPSA) is 21.8 Å². The lowest BCUT2D eigenvalue weighted by Crippen LogP contribution is -2.47. The molecule has 0 aliphatic carbocycles. The summed E-state index contributed by atoms with van der Waals surface area (Å²) in [5.74, 6) is 0. The van der Waals surface area contributed by atoms with Crippen LogP contribution in [-0.2, 0) is 0 Å². The number of likely N-dealkylation sites (tertiary alicyclic amines) is 1. The van der Waals surface area contributed by atoms with Gasteiger partial charge in [0.1, 0.15) is 0 Å². The van der Waals surface area contributed by atoms with Crippen LogP contribution in [0.25, 0.3) is 0 Å². The maximum Gasteiger partial charge on any atom is 0.0232 e. The molecule has 0 spiro atoms. The van der Waals surface area contributed by atoms with Crippen molar-refractivity contribution in [1.29, 1.82) is 0 Å². The van der Waals surface area contributed by atoms with Gasteiger partial charge >= 0.3 is 0 Å². The first-order valence-corrected chi connectivity index (χ1v) is 7.54. The number of hydrogen-bond donors (Lipinski definition) is 1. The maximum atomic E-state index is 3.41. The second-order valence-electron chi connectivity index (χ2n) is 6.10. The minimum absolute atomic E-state index is 0.705. The van der Waals surface area contributed by atoms with Crippen LogP contribution in [0.3, 0.4) is 0 Å². The van der Waals surface area contributed by atoms with Crippen LogP contribution in [0.5, 0.6) is 0 Å². The Labute approximate surface area is 112 Å². The predicted octanol–water partition coefficient (Wildman–Crippen LogP) is 0.306. The van der Waals surface area contributed by atoms with Gasteiger partial charge in [-0.05, 0) is 27.3 Å². The molecular weight excluding hydrogens is 224 g/mol. The molecule has 0 aromatic heterocycles. The molecule has 106 valence electrons. The van der Waals surface area contributed by atoms with Gasteiger partial charge < -0.3 is 10.2 Å². The van der Waals surface area contributed by atoms with Gasteiger partial charge in [0.15, 0.2) is 0 Å². The highest BCUT2D eigenvalue weighted by atomic mass is 15.3. The molecule has 4 nitrogen and oxygen atoms in total. The Bertz CT molecular complexity index is 238. The minimum atomic E-state index is 0.705. The van der Waals surface area contributed by atoms with E-state index < -0.39 is 0 Å². The van der Waals surface area contributed by atoms with E-state index in [1.807, 2.05) is 0 Å². The average molecular weight is 254 g/mol. The SMILES string of the molecule is CC(C)N1CCC(N(C)CCN2CCNCC2)C1. The highest BCUT2D eigenvalue weighted by Crippen LogP contribution is 2.16. The van der Waals surface area contributed by atoms with Crippen molar-refractivity contribution in [3.05, 3.63) is 0 Å². The summed E-state index contributed by atoms with van der Waals surface area (Å²) >= 11 is 0. The van der Waals surface area contributed by atoms with Crippen molar-refractivity contribution in [3.8, 4) is 0 Å². The van der Waals surface area contributed by atoms with Crippen LogP contribution < -0.4 is 5.32 Å². The molecular formula is C14H30N4. The zero-order chi connectivity index (χ0) is 13.0. The van der Waals surface area contributed by atoms with E-state index in [0.29, 0.717) is 6.04 Å². The van der Waals surface area contributed by atoms with E-state index in [-0.39, 0.29) is 0 Å². The number of nitrogens with zero attached hydrogens (tertiary/aromatic N) is 3. The molecule has 0 radical (unpaired) electrons. The van der Waals surface area contributed by atoms with Crippen LogP contribution >= 0.6 is 0 Å². The van der Waals surface area contributed by atoms with Crippen LogP contribution in [0, 0.1) is 0 Å². The predicted molar refractivity (Wildman–Crippen MR) is 77.1 cm³/mol. The first kappa shape index (κ1) is 14.3. The fourth-order valence-corrected chi connectivity index (χ4v) is 3.01. The molecule has 2 fully saturated rings. The fourth-order valence-electron chi connectivity index (χ4n) is 3.01. The van der Waals surface area contributed by atoms with Gasteiger partial charge in [0.05, 0.1) is 0 Å². The van der Waals surface area contributed by atoms with Crippen molar-refractivity contribution in [2.45, 2.75) is 32.4 Å². The molecule has 1 N–H and O–H groups in total. The van der Waals surface area contributed by atoms with Crippen LogP contribution in [0.15, 0.2) is 0 Å². The molecule has 1 unspecified atom stereocenters. The van der Waals surface area contributed by atoms with Crippen molar-refractivity contribution in [3.63, 3.8) is 0 Å². The Morgan fingerprint density at radius 3 is 2.56 bits per heavy atom. The molecule has 2 rings (SSSR count). The molecule has 18 heavy (non-hydrogen) atoms. The number of piperazine rings is 1. The lowest BCUT2D eigenvalue weighted by molar-refractivity contribution is 0.171. The van der Waals surface area contributed by atoms with E-state index in [4.69, 9.17) is 0 Å². The monoisotopic (exact) mass is 254 g/mol. The lowest BCUT2D eigenvalue weighted by atomic mass is 10.2. The first-order valence-electron chi connectivity index (χ1n) is 7.54. The fraction of sp³-hybridized carbons (Fsp3) is 1.00. The third-order valence-electron chi connectivity index (χ3n) is 4.53. The highest BCUT2D eigenvalue weighted by Gasteiger charge is 2.27. The summed E-state index contributed by atoms with van der Waals surface area (Å²) in [6.45, 7) is 14.4. The average Bonchev–Trinajstić information content (AvgIpc) is 2.87. The minimum Gasteiger partial charge on any atom is -0.314 e. The van der Waals surface area contributed by atoms with Gasteiger partial charge in [-0.3, -0.25) is 9.80 Å². The lowest BCUT2D eigenvalue weighted by Gasteiger charge is -2.31. The molecule has 0 amide bonds. The van der Waals surface area contributed by atoms with Crippen molar-refractivity contribution in [2.24, 2.45) is 0 Å². The summed E-state index contributed by atoms with van der Waals surface area (Å²) in [5, 5.41) is 3.41. The first-order chi connectivity index (χ1) is 8.66. The number of likely N-dealkylation sites (N-methyl/N-ethyl adjacent to an activating group) is 1. The van der Waals surface area contributed by atoms with E-state index in [1.165, 1.54) is 45.7 Å². The van der Waals surface area contributed by atoms with Crippen LogP contribution in [0.4, 0.5) is 0 Å². The van der Waals surface area contributed by atoms with Crippen LogP contribution in [0.1, 0.15) is 20.3 Å². The molecule has 1 atom stereocenters. The third kappa shape index (κ3) is 3.92. The second kappa shape index (κ2) is 6.85. The Morgan fingerprint density at radius 1 is 1.22 bits per heavy atom. The van der Waals surface area contributed by atoms with E-state index in [1.54, 1.807) is 0 Å². The number of rotatable bonds is 5. The van der Waals surface area contributed by atoms with Crippen molar-refractivity contribution >= 4 is 0 Å². The normalized spacial score (nSPS) is 27.5. The molecule has 2 saturated heterocycles. The summed E-state index contributed by atoms with van der Waals surface area (Å²) < 4.78 is 0. The van der Waals surface area contributed by atoms with E-state index in [2.05, 4.69) is 40.9 Å². The summed E-state index contributed by atoms with van der Waals surface area (Å²) in [7, 11) is 2.30. The van der Waals surface area contributed by atoms with Crippen molar-refractivity contribution < 1.29 is 0 Å². The molecule has 4 heteroatoms. The van der Waals surface area contributed by atoms with Gasteiger partial charge in [-0.25, -0.2) is 0 Å². The quantitative estimate of drug-likeness (QED) is 0.762. The molecule has 2 aliphatic heterocycles. The van der Waals surface area contributed by atoms with Gasteiger partial charge in [0.25, 0.3) is 0 Å². The molecule has 2 heterocycles. The molecule has 0 aromatic rings. The highest BCUT2D eigenvalue weighted by molar-refractivity contribution is 4.84. The van der Waals surface area contributed by atoms with Gasteiger partial charge in [-0.2, -0.15) is 0 Å². The molecule has 0 saturated carbocycles.